The summed E-state index contributed by atoms with van der Waals surface area (Å²) >= 11 is 0. The Balaban J connectivity index is 1.56. The van der Waals surface area contributed by atoms with Crippen LogP contribution < -0.4 is 5.32 Å². The van der Waals surface area contributed by atoms with Crippen molar-refractivity contribution in [3.8, 4) is 0 Å². The van der Waals surface area contributed by atoms with Gasteiger partial charge in [0.25, 0.3) is 0 Å². The number of hydrogen-bond acceptors (Lipinski definition) is 4. The van der Waals surface area contributed by atoms with Crippen LogP contribution in [0, 0.1) is 5.92 Å². The van der Waals surface area contributed by atoms with Crippen LogP contribution in [0.4, 0.5) is 0 Å². The Labute approximate surface area is 157 Å². The molecule has 0 saturated carbocycles. The molecular weight excluding hydrogens is 328 g/mol. The highest BCUT2D eigenvalue weighted by Gasteiger charge is 2.29. The molecule has 1 aromatic rings. The van der Waals surface area contributed by atoms with Crippen molar-refractivity contribution >= 4 is 5.96 Å². The highest BCUT2D eigenvalue weighted by molar-refractivity contribution is 5.80. The summed E-state index contributed by atoms with van der Waals surface area (Å²) in [4.78, 5) is 13.7. The minimum absolute atomic E-state index is 0.446. The van der Waals surface area contributed by atoms with E-state index in [2.05, 4.69) is 56.6 Å². The number of guanidine groups is 1. The lowest BCUT2D eigenvalue weighted by atomic mass is 9.93. The second-order valence-corrected chi connectivity index (χ2v) is 7.73. The van der Waals surface area contributed by atoms with Crippen molar-refractivity contribution in [1.29, 1.82) is 0 Å². The Morgan fingerprint density at radius 1 is 1.38 bits per heavy atom. The number of hydrogen-bond donors (Lipinski definition) is 1. The summed E-state index contributed by atoms with van der Waals surface area (Å²) in [6, 6.07) is 1.38. The van der Waals surface area contributed by atoms with E-state index in [0.29, 0.717) is 24.0 Å². The van der Waals surface area contributed by atoms with Crippen LogP contribution in [0.15, 0.2) is 23.7 Å². The fourth-order valence-corrected chi connectivity index (χ4v) is 4.18. The van der Waals surface area contributed by atoms with Gasteiger partial charge in [0.2, 0.25) is 0 Å². The number of ether oxygens (including phenoxy) is 1. The van der Waals surface area contributed by atoms with Crippen molar-refractivity contribution in [2.24, 2.45) is 10.9 Å². The quantitative estimate of drug-likeness (QED) is 0.649. The molecule has 7 nitrogen and oxygen atoms in total. The first-order valence-corrected chi connectivity index (χ1v) is 9.86. The van der Waals surface area contributed by atoms with Gasteiger partial charge in [-0.15, -0.1) is 0 Å². The summed E-state index contributed by atoms with van der Waals surface area (Å²) in [5, 5.41) is 3.61. The van der Waals surface area contributed by atoms with Gasteiger partial charge < -0.3 is 19.5 Å². The minimum atomic E-state index is 0.446. The molecule has 0 amide bonds. The van der Waals surface area contributed by atoms with Crippen LogP contribution in [0.1, 0.15) is 33.2 Å². The molecule has 1 aromatic heterocycles. The first kappa shape index (κ1) is 19.2. The Morgan fingerprint density at radius 2 is 2.23 bits per heavy atom. The number of nitrogens with zero attached hydrogens (tertiary/aromatic N) is 5. The molecule has 1 N–H and O–H groups in total. The van der Waals surface area contributed by atoms with E-state index >= 15 is 0 Å². The number of rotatable bonds is 4. The number of piperidine rings is 1. The van der Waals surface area contributed by atoms with E-state index in [9.17, 15) is 0 Å². The fourth-order valence-electron chi connectivity index (χ4n) is 4.18. The summed E-state index contributed by atoms with van der Waals surface area (Å²) in [6.07, 6.45) is 7.04. The van der Waals surface area contributed by atoms with E-state index in [-0.39, 0.29) is 0 Å². The Morgan fingerprint density at radius 3 is 2.92 bits per heavy atom. The Bertz CT molecular complexity index is 575. The number of aromatic nitrogens is 2. The van der Waals surface area contributed by atoms with Gasteiger partial charge in [0, 0.05) is 57.7 Å². The van der Waals surface area contributed by atoms with E-state index in [1.54, 1.807) is 0 Å². The van der Waals surface area contributed by atoms with Gasteiger partial charge in [0.05, 0.1) is 25.6 Å². The molecule has 2 fully saturated rings. The largest absolute Gasteiger partial charge is 0.379 e. The normalized spacial score (nSPS) is 29.6. The second kappa shape index (κ2) is 8.86. The van der Waals surface area contributed by atoms with Gasteiger partial charge in [-0.1, -0.05) is 6.92 Å². The van der Waals surface area contributed by atoms with Crippen LogP contribution in [-0.4, -0.2) is 83.8 Å². The van der Waals surface area contributed by atoms with Crippen LogP contribution >= 0.6 is 0 Å². The molecule has 0 radical (unpaired) electrons. The average molecular weight is 363 g/mol. The van der Waals surface area contributed by atoms with Crippen LogP contribution in [0.3, 0.4) is 0 Å². The van der Waals surface area contributed by atoms with Gasteiger partial charge in [0.1, 0.15) is 0 Å². The van der Waals surface area contributed by atoms with Gasteiger partial charge in [0.15, 0.2) is 5.96 Å². The third kappa shape index (κ3) is 4.38. The molecule has 4 atom stereocenters. The smallest absolute Gasteiger partial charge is 0.193 e. The van der Waals surface area contributed by atoms with Gasteiger partial charge in [-0.25, -0.2) is 4.98 Å². The van der Waals surface area contributed by atoms with E-state index < -0.39 is 0 Å². The van der Waals surface area contributed by atoms with Crippen molar-refractivity contribution < 1.29 is 4.74 Å². The van der Waals surface area contributed by atoms with E-state index in [1.807, 2.05) is 19.6 Å². The van der Waals surface area contributed by atoms with Crippen molar-refractivity contribution in [2.75, 3.05) is 46.4 Å². The summed E-state index contributed by atoms with van der Waals surface area (Å²) in [6.45, 7) is 12.5. The number of imidazole rings is 1. The lowest BCUT2D eigenvalue weighted by Crippen LogP contribution is -2.54. The molecule has 146 valence electrons. The molecular formula is C19H34N6O. The number of morpholine rings is 1. The highest BCUT2D eigenvalue weighted by atomic mass is 16.5. The maximum absolute atomic E-state index is 5.56. The zero-order valence-electron chi connectivity index (χ0n) is 16.6. The summed E-state index contributed by atoms with van der Waals surface area (Å²) < 4.78 is 7.80. The third-order valence-electron chi connectivity index (χ3n) is 5.88. The van der Waals surface area contributed by atoms with Gasteiger partial charge >= 0.3 is 0 Å². The van der Waals surface area contributed by atoms with E-state index in [1.165, 1.54) is 6.42 Å². The molecule has 0 spiro atoms. The first-order valence-electron chi connectivity index (χ1n) is 9.86. The monoisotopic (exact) mass is 362 g/mol. The van der Waals surface area contributed by atoms with Crippen LogP contribution in [0.2, 0.25) is 0 Å². The van der Waals surface area contributed by atoms with Gasteiger partial charge in [-0.05, 0) is 26.2 Å². The Kier molecular flexibility index (Phi) is 6.53. The zero-order chi connectivity index (χ0) is 18.5. The fraction of sp³-hybridized carbons (Fsp3) is 0.789. The van der Waals surface area contributed by atoms with Crippen molar-refractivity contribution in [3.63, 3.8) is 0 Å². The van der Waals surface area contributed by atoms with Crippen LogP contribution in [0.25, 0.3) is 0 Å². The molecule has 7 heteroatoms. The van der Waals surface area contributed by atoms with Crippen LogP contribution in [-0.2, 0) is 4.74 Å². The van der Waals surface area contributed by atoms with Crippen LogP contribution in [0.5, 0.6) is 0 Å². The maximum Gasteiger partial charge on any atom is 0.193 e. The zero-order valence-corrected chi connectivity index (χ0v) is 16.6. The van der Waals surface area contributed by atoms with E-state index in [4.69, 9.17) is 4.74 Å². The van der Waals surface area contributed by atoms with Crippen molar-refractivity contribution in [1.82, 2.24) is 24.7 Å². The molecule has 3 heterocycles. The topological polar surface area (TPSA) is 57.9 Å². The van der Waals surface area contributed by atoms with Crippen molar-refractivity contribution in [3.05, 3.63) is 18.7 Å². The van der Waals surface area contributed by atoms with Crippen molar-refractivity contribution in [2.45, 2.75) is 45.3 Å². The molecule has 0 aromatic carbocycles. The average Bonchev–Trinajstić information content (AvgIpc) is 3.18. The molecule has 0 aliphatic carbocycles. The number of nitrogens with one attached hydrogen (secondary N) is 1. The standard InChI is InChI=1S/C19H34N6O/c1-15-5-7-23(12-18(15)24-8-6-21-14-24)19(20-4)22-11-16(2)25-9-10-26-13-17(25)3/h6,8,14-18H,5,7,9-13H2,1-4H3,(H,20,22). The lowest BCUT2D eigenvalue weighted by molar-refractivity contribution is -0.0175. The number of likely N-dealkylation sites (tertiary alicyclic amines) is 1. The highest BCUT2D eigenvalue weighted by Crippen LogP contribution is 2.27. The molecule has 0 bridgehead atoms. The minimum Gasteiger partial charge on any atom is -0.379 e. The molecule has 2 aliphatic heterocycles. The number of aliphatic imine (C=N–C) groups is 1. The summed E-state index contributed by atoms with van der Waals surface area (Å²) in [5.41, 5.74) is 0. The third-order valence-corrected chi connectivity index (χ3v) is 5.88. The summed E-state index contributed by atoms with van der Waals surface area (Å²) in [5.74, 6) is 1.65. The summed E-state index contributed by atoms with van der Waals surface area (Å²) in [7, 11) is 1.88. The molecule has 2 aliphatic rings. The van der Waals surface area contributed by atoms with Gasteiger partial charge in [-0.2, -0.15) is 0 Å². The SMILES string of the molecule is CN=C(NCC(C)N1CCOCC1C)N1CCC(C)C(n2ccnc2)C1. The lowest BCUT2D eigenvalue weighted by Gasteiger charge is -2.41. The second-order valence-electron chi connectivity index (χ2n) is 7.73. The first-order chi connectivity index (χ1) is 12.6. The van der Waals surface area contributed by atoms with Gasteiger partial charge in [-0.3, -0.25) is 9.89 Å². The maximum atomic E-state index is 5.56. The molecule has 4 unspecified atom stereocenters. The molecule has 26 heavy (non-hydrogen) atoms. The predicted octanol–water partition coefficient (Wildman–Crippen LogP) is 1.45. The molecule has 2 saturated heterocycles. The van der Waals surface area contributed by atoms with E-state index in [0.717, 1.165) is 45.4 Å². The molecule has 3 rings (SSSR count). The Hall–Kier alpha value is -1.60. The predicted molar refractivity (Wildman–Crippen MR) is 104 cm³/mol.